The quantitative estimate of drug-likeness (QED) is 0.588. The smallest absolute Gasteiger partial charge is 0.344 e. The number of para-hydroxylation sites is 2. The zero-order valence-electron chi connectivity index (χ0n) is 16.3. The molecule has 1 N–H and O–H groups in total. The van der Waals surface area contributed by atoms with Crippen LogP contribution < -0.4 is 10.1 Å². The first-order chi connectivity index (χ1) is 14.1. The molecular formula is C24H23NO4. The summed E-state index contributed by atoms with van der Waals surface area (Å²) in [6.45, 7) is 1.27. The van der Waals surface area contributed by atoms with Gasteiger partial charge in [-0.25, -0.2) is 4.79 Å². The number of hydrogen-bond donors (Lipinski definition) is 1. The zero-order valence-corrected chi connectivity index (χ0v) is 16.3. The number of aryl methyl sites for hydroxylation is 1. The van der Waals surface area contributed by atoms with Crippen LogP contribution in [0.4, 0.5) is 5.69 Å². The number of benzene rings is 3. The molecule has 3 aromatic carbocycles. The number of amides is 1. The maximum Gasteiger partial charge on any atom is 0.344 e. The van der Waals surface area contributed by atoms with Crippen LogP contribution in [-0.2, 0) is 20.7 Å². The topological polar surface area (TPSA) is 64.6 Å². The van der Waals surface area contributed by atoms with Crippen molar-refractivity contribution < 1.29 is 19.1 Å². The lowest BCUT2D eigenvalue weighted by Crippen LogP contribution is -2.24. The maximum atomic E-state index is 12.0. The van der Waals surface area contributed by atoms with Crippen LogP contribution in [-0.4, -0.2) is 25.1 Å². The fourth-order valence-corrected chi connectivity index (χ4v) is 2.83. The number of anilines is 1. The van der Waals surface area contributed by atoms with Gasteiger partial charge in [0.1, 0.15) is 5.75 Å². The van der Waals surface area contributed by atoms with Crippen LogP contribution in [0, 0.1) is 6.92 Å². The van der Waals surface area contributed by atoms with Crippen LogP contribution in [0.25, 0.3) is 0 Å². The summed E-state index contributed by atoms with van der Waals surface area (Å²) >= 11 is 0. The molecule has 0 saturated heterocycles. The molecule has 5 heteroatoms. The average molecular weight is 389 g/mol. The van der Waals surface area contributed by atoms with Crippen molar-refractivity contribution in [2.24, 2.45) is 0 Å². The molecule has 0 saturated carbocycles. The van der Waals surface area contributed by atoms with E-state index in [1.807, 2.05) is 79.7 Å². The van der Waals surface area contributed by atoms with Crippen LogP contribution in [0.2, 0.25) is 0 Å². The predicted octanol–water partition coefficient (Wildman–Crippen LogP) is 4.15. The Morgan fingerprint density at radius 2 is 1.52 bits per heavy atom. The van der Waals surface area contributed by atoms with Crippen LogP contribution >= 0.6 is 0 Å². The Balaban J connectivity index is 1.48. The summed E-state index contributed by atoms with van der Waals surface area (Å²) in [5, 5.41) is 2.72. The van der Waals surface area contributed by atoms with Gasteiger partial charge in [-0.1, -0.05) is 66.7 Å². The monoisotopic (exact) mass is 389 g/mol. The molecule has 0 unspecified atom stereocenters. The van der Waals surface area contributed by atoms with Crippen molar-refractivity contribution in [1.29, 1.82) is 0 Å². The Hall–Kier alpha value is -3.60. The van der Waals surface area contributed by atoms with Gasteiger partial charge in [0.15, 0.2) is 13.2 Å². The highest BCUT2D eigenvalue weighted by atomic mass is 16.6. The molecule has 0 radical (unpaired) electrons. The van der Waals surface area contributed by atoms with Gasteiger partial charge in [0.25, 0.3) is 5.91 Å². The van der Waals surface area contributed by atoms with Crippen molar-refractivity contribution in [2.75, 3.05) is 18.5 Å². The van der Waals surface area contributed by atoms with Crippen molar-refractivity contribution >= 4 is 17.6 Å². The highest BCUT2D eigenvalue weighted by molar-refractivity contribution is 5.93. The predicted molar refractivity (Wildman–Crippen MR) is 112 cm³/mol. The minimum absolute atomic E-state index is 0.260. The third-order valence-electron chi connectivity index (χ3n) is 4.34. The van der Waals surface area contributed by atoms with E-state index in [0.29, 0.717) is 17.9 Å². The molecule has 0 aromatic heterocycles. The van der Waals surface area contributed by atoms with Gasteiger partial charge in [0.2, 0.25) is 0 Å². The van der Waals surface area contributed by atoms with Crippen molar-refractivity contribution in [3.8, 4) is 5.75 Å². The van der Waals surface area contributed by atoms with Gasteiger partial charge >= 0.3 is 5.97 Å². The van der Waals surface area contributed by atoms with E-state index < -0.39 is 11.9 Å². The lowest BCUT2D eigenvalue weighted by molar-refractivity contribution is -0.149. The van der Waals surface area contributed by atoms with E-state index in [9.17, 15) is 9.59 Å². The number of esters is 1. The molecular weight excluding hydrogens is 366 g/mol. The fourth-order valence-electron chi connectivity index (χ4n) is 2.83. The maximum absolute atomic E-state index is 12.0. The van der Waals surface area contributed by atoms with Crippen molar-refractivity contribution in [2.45, 2.75) is 13.3 Å². The van der Waals surface area contributed by atoms with E-state index in [1.165, 1.54) is 0 Å². The summed E-state index contributed by atoms with van der Waals surface area (Å²) in [5.74, 6) is -0.366. The first kappa shape index (κ1) is 20.1. The molecule has 0 heterocycles. The largest absolute Gasteiger partial charge is 0.482 e. The number of nitrogens with one attached hydrogen (secondary N) is 1. The summed E-state index contributed by atoms with van der Waals surface area (Å²) in [7, 11) is 0. The van der Waals surface area contributed by atoms with Crippen molar-refractivity contribution in [3.05, 3.63) is 95.6 Å². The number of carbonyl (C=O) groups is 2. The molecule has 148 valence electrons. The summed E-state index contributed by atoms with van der Waals surface area (Å²) in [6, 6.07) is 25.0. The lowest BCUT2D eigenvalue weighted by Gasteiger charge is -2.12. The van der Waals surface area contributed by atoms with Crippen molar-refractivity contribution in [1.82, 2.24) is 0 Å². The molecule has 5 nitrogen and oxygen atoms in total. The Kier molecular flexibility index (Phi) is 7.00. The number of rotatable bonds is 8. The third kappa shape index (κ3) is 6.21. The molecule has 0 aliphatic heterocycles. The number of hydrogen-bond acceptors (Lipinski definition) is 4. The molecule has 0 spiro atoms. The van der Waals surface area contributed by atoms with Gasteiger partial charge in [0, 0.05) is 12.1 Å². The van der Waals surface area contributed by atoms with Crippen LogP contribution in [0.5, 0.6) is 5.75 Å². The second-order valence-corrected chi connectivity index (χ2v) is 6.58. The number of ether oxygens (including phenoxy) is 2. The highest BCUT2D eigenvalue weighted by Gasteiger charge is 2.11. The second kappa shape index (κ2) is 10.1. The average Bonchev–Trinajstić information content (AvgIpc) is 2.74. The van der Waals surface area contributed by atoms with Gasteiger partial charge in [-0.3, -0.25) is 4.79 Å². The van der Waals surface area contributed by atoms with Gasteiger partial charge in [-0.05, 0) is 35.7 Å². The van der Waals surface area contributed by atoms with E-state index >= 15 is 0 Å². The standard InChI is InChI=1S/C24H23NO4/c1-18-9-5-7-13-21(18)25-23(26)16-29-24(27)17-28-22-14-8-6-12-20(22)15-19-10-3-2-4-11-19/h2-14H,15-17H2,1H3,(H,25,26). The summed E-state index contributed by atoms with van der Waals surface area (Å²) < 4.78 is 10.7. The van der Waals surface area contributed by atoms with Crippen LogP contribution in [0.1, 0.15) is 16.7 Å². The van der Waals surface area contributed by atoms with E-state index in [0.717, 1.165) is 16.7 Å². The first-order valence-electron chi connectivity index (χ1n) is 9.37. The third-order valence-corrected chi connectivity index (χ3v) is 4.34. The summed E-state index contributed by atoms with van der Waals surface area (Å²) in [5.41, 5.74) is 3.76. The fraction of sp³-hybridized carbons (Fsp3) is 0.167. The van der Waals surface area contributed by atoms with E-state index in [4.69, 9.17) is 9.47 Å². The van der Waals surface area contributed by atoms with Gasteiger partial charge in [-0.15, -0.1) is 0 Å². The Morgan fingerprint density at radius 3 is 2.31 bits per heavy atom. The molecule has 3 rings (SSSR count). The van der Waals surface area contributed by atoms with Gasteiger partial charge in [0.05, 0.1) is 0 Å². The Morgan fingerprint density at radius 1 is 0.828 bits per heavy atom. The molecule has 29 heavy (non-hydrogen) atoms. The van der Waals surface area contributed by atoms with Gasteiger partial charge in [-0.2, -0.15) is 0 Å². The SMILES string of the molecule is Cc1ccccc1NC(=O)COC(=O)COc1ccccc1Cc1ccccc1. The molecule has 0 bridgehead atoms. The summed E-state index contributed by atoms with van der Waals surface area (Å²) in [4.78, 5) is 24.0. The molecule has 0 aliphatic carbocycles. The van der Waals surface area contributed by atoms with E-state index in [1.54, 1.807) is 6.07 Å². The Bertz CT molecular complexity index is 969. The van der Waals surface area contributed by atoms with Crippen LogP contribution in [0.3, 0.4) is 0 Å². The van der Waals surface area contributed by atoms with E-state index in [-0.39, 0.29) is 13.2 Å². The minimum atomic E-state index is -0.598. The molecule has 3 aromatic rings. The normalized spacial score (nSPS) is 10.2. The highest BCUT2D eigenvalue weighted by Crippen LogP contribution is 2.21. The molecule has 1 amide bonds. The second-order valence-electron chi connectivity index (χ2n) is 6.58. The molecule has 0 fully saturated rings. The summed E-state index contributed by atoms with van der Waals surface area (Å²) in [6.07, 6.45) is 0.699. The van der Waals surface area contributed by atoms with E-state index in [2.05, 4.69) is 5.32 Å². The van der Waals surface area contributed by atoms with Crippen LogP contribution in [0.15, 0.2) is 78.9 Å². The first-order valence-corrected chi connectivity index (χ1v) is 9.37. The minimum Gasteiger partial charge on any atom is -0.482 e. The zero-order chi connectivity index (χ0) is 20.5. The molecule has 0 aliphatic rings. The van der Waals surface area contributed by atoms with Gasteiger partial charge < -0.3 is 14.8 Å². The van der Waals surface area contributed by atoms with Crippen molar-refractivity contribution in [3.63, 3.8) is 0 Å². The Labute approximate surface area is 170 Å². The lowest BCUT2D eigenvalue weighted by atomic mass is 10.0. The number of carbonyl (C=O) groups excluding carboxylic acids is 2. The molecule has 0 atom stereocenters.